The first-order valence-corrected chi connectivity index (χ1v) is 8.91. The second kappa shape index (κ2) is 9.28. The van der Waals surface area contributed by atoms with Gasteiger partial charge in [-0.2, -0.15) is 0 Å². The van der Waals surface area contributed by atoms with Gasteiger partial charge in [0.25, 0.3) is 0 Å². The van der Waals surface area contributed by atoms with Gasteiger partial charge in [-0.25, -0.2) is 0 Å². The first-order chi connectivity index (χ1) is 12.0. The van der Waals surface area contributed by atoms with Crippen molar-refractivity contribution in [2.75, 3.05) is 37.5 Å². The van der Waals surface area contributed by atoms with E-state index in [2.05, 4.69) is 46.3 Å². The van der Waals surface area contributed by atoms with Crippen LogP contribution in [0.5, 0.6) is 5.75 Å². The number of nitrogens with zero attached hydrogens (tertiary/aromatic N) is 2. The van der Waals surface area contributed by atoms with Gasteiger partial charge in [0.1, 0.15) is 5.75 Å². The summed E-state index contributed by atoms with van der Waals surface area (Å²) in [6.07, 6.45) is 1.04. The van der Waals surface area contributed by atoms with Crippen LogP contribution >= 0.6 is 12.2 Å². The summed E-state index contributed by atoms with van der Waals surface area (Å²) in [5.41, 5.74) is 3.44. The van der Waals surface area contributed by atoms with Gasteiger partial charge in [0.05, 0.1) is 13.7 Å². The third kappa shape index (κ3) is 5.36. The predicted molar refractivity (Wildman–Crippen MR) is 111 cm³/mol. The molecule has 0 radical (unpaired) electrons. The van der Waals surface area contributed by atoms with E-state index in [1.165, 1.54) is 11.3 Å². The molecule has 0 unspecified atom stereocenters. The van der Waals surface area contributed by atoms with E-state index in [4.69, 9.17) is 17.0 Å². The highest BCUT2D eigenvalue weighted by Gasteiger charge is 2.13. The number of thiocarbonyl (C=S) groups is 1. The van der Waals surface area contributed by atoms with Crippen molar-refractivity contribution in [1.82, 2.24) is 5.32 Å². The molecule has 0 bridgehead atoms. The molecule has 0 spiro atoms. The number of nitrogens with one attached hydrogen (secondary N) is 1. The van der Waals surface area contributed by atoms with Gasteiger partial charge < -0.3 is 19.9 Å². The molecule has 2 aromatic rings. The fraction of sp³-hybridized carbons (Fsp3) is 0.350. The Hall–Kier alpha value is -2.27. The van der Waals surface area contributed by atoms with Crippen molar-refractivity contribution in [3.05, 3.63) is 54.1 Å². The lowest BCUT2D eigenvalue weighted by Gasteiger charge is -2.26. The minimum atomic E-state index is 0.718. The van der Waals surface area contributed by atoms with Crippen LogP contribution in [0.4, 0.5) is 11.4 Å². The Morgan fingerprint density at radius 1 is 1.00 bits per heavy atom. The third-order valence-corrected chi connectivity index (χ3v) is 4.31. The van der Waals surface area contributed by atoms with Crippen molar-refractivity contribution in [2.45, 2.75) is 19.9 Å². The number of hydrogen-bond acceptors (Lipinski definition) is 3. The number of ether oxygens (including phenoxy) is 1. The molecule has 0 aromatic heterocycles. The van der Waals surface area contributed by atoms with Crippen molar-refractivity contribution in [2.24, 2.45) is 0 Å². The second-order valence-corrected chi connectivity index (χ2v) is 6.46. The largest absolute Gasteiger partial charge is 0.497 e. The summed E-state index contributed by atoms with van der Waals surface area (Å²) in [6, 6.07) is 16.5. The van der Waals surface area contributed by atoms with Crippen molar-refractivity contribution in [3.63, 3.8) is 0 Å². The van der Waals surface area contributed by atoms with E-state index < -0.39 is 0 Å². The Balaban J connectivity index is 2.22. The summed E-state index contributed by atoms with van der Waals surface area (Å²) in [7, 11) is 5.76. The molecule has 5 heteroatoms. The molecule has 2 rings (SSSR count). The zero-order valence-electron chi connectivity index (χ0n) is 15.5. The highest BCUT2D eigenvalue weighted by molar-refractivity contribution is 7.80. The Labute approximate surface area is 156 Å². The van der Waals surface area contributed by atoms with Crippen LogP contribution in [-0.4, -0.2) is 32.9 Å². The molecule has 0 saturated heterocycles. The van der Waals surface area contributed by atoms with Gasteiger partial charge in [-0.05, 0) is 60.6 Å². The molecule has 0 fully saturated rings. The molecule has 25 heavy (non-hydrogen) atoms. The van der Waals surface area contributed by atoms with E-state index in [0.717, 1.165) is 36.1 Å². The minimum absolute atomic E-state index is 0.718. The van der Waals surface area contributed by atoms with Crippen LogP contribution in [0.25, 0.3) is 0 Å². The first kappa shape index (κ1) is 19.1. The monoisotopic (exact) mass is 357 g/mol. The summed E-state index contributed by atoms with van der Waals surface area (Å²) in [6.45, 7) is 3.72. The summed E-state index contributed by atoms with van der Waals surface area (Å²) < 4.78 is 5.26. The molecule has 0 heterocycles. The van der Waals surface area contributed by atoms with Crippen LogP contribution in [0.15, 0.2) is 48.5 Å². The van der Waals surface area contributed by atoms with Gasteiger partial charge in [0.2, 0.25) is 0 Å². The van der Waals surface area contributed by atoms with E-state index in [9.17, 15) is 0 Å². The molecule has 1 N–H and O–H groups in total. The van der Waals surface area contributed by atoms with Gasteiger partial charge in [0.15, 0.2) is 5.11 Å². The Morgan fingerprint density at radius 2 is 1.60 bits per heavy atom. The number of rotatable bonds is 7. The average Bonchev–Trinajstić information content (AvgIpc) is 2.64. The van der Waals surface area contributed by atoms with E-state index in [1.54, 1.807) is 7.11 Å². The van der Waals surface area contributed by atoms with E-state index in [1.807, 2.05) is 38.4 Å². The average molecular weight is 358 g/mol. The molecule has 134 valence electrons. The number of anilines is 2. The van der Waals surface area contributed by atoms with Gasteiger partial charge >= 0.3 is 0 Å². The SMILES string of the molecule is CCCNC(=S)N(Cc1ccc(N(C)C)cc1)c1ccc(OC)cc1. The topological polar surface area (TPSA) is 27.7 Å². The second-order valence-electron chi connectivity index (χ2n) is 6.08. The fourth-order valence-electron chi connectivity index (χ4n) is 2.45. The molecule has 0 aliphatic rings. The molecule has 0 saturated carbocycles. The van der Waals surface area contributed by atoms with Crippen LogP contribution in [0, 0.1) is 0 Å². The number of methoxy groups -OCH3 is 1. The summed E-state index contributed by atoms with van der Waals surface area (Å²) in [5, 5.41) is 4.07. The van der Waals surface area contributed by atoms with Crippen LogP contribution in [0.2, 0.25) is 0 Å². The smallest absolute Gasteiger partial charge is 0.173 e. The van der Waals surface area contributed by atoms with Gasteiger partial charge in [-0.1, -0.05) is 19.1 Å². The molecule has 0 aliphatic heterocycles. The number of hydrogen-bond donors (Lipinski definition) is 1. The maximum absolute atomic E-state index is 5.63. The lowest BCUT2D eigenvalue weighted by molar-refractivity contribution is 0.415. The van der Waals surface area contributed by atoms with Crippen molar-refractivity contribution in [1.29, 1.82) is 0 Å². The van der Waals surface area contributed by atoms with Crippen LogP contribution in [0.1, 0.15) is 18.9 Å². The molecule has 2 aromatic carbocycles. The van der Waals surface area contributed by atoms with Gasteiger partial charge in [-0.3, -0.25) is 0 Å². The first-order valence-electron chi connectivity index (χ1n) is 8.50. The standard InChI is InChI=1S/C20H27N3OS/c1-5-14-21-20(25)23(18-10-12-19(24-4)13-11-18)15-16-6-8-17(9-7-16)22(2)3/h6-13H,5,14-15H2,1-4H3,(H,21,25). The fourth-order valence-corrected chi connectivity index (χ4v) is 2.72. The molecule has 0 aliphatic carbocycles. The van der Waals surface area contributed by atoms with Gasteiger partial charge in [0, 0.05) is 32.0 Å². The summed E-state index contributed by atoms with van der Waals surface area (Å²) in [4.78, 5) is 4.22. The van der Waals surface area contributed by atoms with E-state index >= 15 is 0 Å². The summed E-state index contributed by atoms with van der Waals surface area (Å²) >= 11 is 5.63. The van der Waals surface area contributed by atoms with Crippen molar-refractivity contribution < 1.29 is 4.74 Å². The highest BCUT2D eigenvalue weighted by Crippen LogP contribution is 2.22. The molecular formula is C20H27N3OS. The lowest BCUT2D eigenvalue weighted by Crippen LogP contribution is -2.39. The van der Waals surface area contributed by atoms with Crippen LogP contribution < -0.4 is 19.9 Å². The van der Waals surface area contributed by atoms with E-state index in [-0.39, 0.29) is 0 Å². The molecular weight excluding hydrogens is 330 g/mol. The zero-order valence-corrected chi connectivity index (χ0v) is 16.3. The van der Waals surface area contributed by atoms with Gasteiger partial charge in [-0.15, -0.1) is 0 Å². The quantitative estimate of drug-likeness (QED) is 0.755. The Morgan fingerprint density at radius 3 is 2.12 bits per heavy atom. The minimum Gasteiger partial charge on any atom is -0.497 e. The van der Waals surface area contributed by atoms with Crippen LogP contribution in [0.3, 0.4) is 0 Å². The van der Waals surface area contributed by atoms with Crippen molar-refractivity contribution in [3.8, 4) is 5.75 Å². The van der Waals surface area contributed by atoms with Crippen molar-refractivity contribution >= 4 is 28.7 Å². The van der Waals surface area contributed by atoms with E-state index in [0.29, 0.717) is 0 Å². The highest BCUT2D eigenvalue weighted by atomic mass is 32.1. The lowest BCUT2D eigenvalue weighted by atomic mass is 10.1. The summed E-state index contributed by atoms with van der Waals surface area (Å²) in [5.74, 6) is 0.839. The Kier molecular flexibility index (Phi) is 7.07. The number of benzene rings is 2. The normalized spacial score (nSPS) is 10.2. The molecule has 4 nitrogen and oxygen atoms in total. The zero-order chi connectivity index (χ0) is 18.2. The maximum Gasteiger partial charge on any atom is 0.173 e. The maximum atomic E-state index is 5.63. The molecule has 0 atom stereocenters. The third-order valence-electron chi connectivity index (χ3n) is 3.95. The predicted octanol–water partition coefficient (Wildman–Crippen LogP) is 4.05. The molecule has 0 amide bonds. The Bertz CT molecular complexity index is 668. The van der Waals surface area contributed by atoms with Crippen LogP contribution in [-0.2, 0) is 6.54 Å².